The van der Waals surface area contributed by atoms with Crippen molar-refractivity contribution in [1.82, 2.24) is 10.6 Å². The molecule has 1 unspecified atom stereocenters. The zero-order valence-electron chi connectivity index (χ0n) is 16.9. The monoisotopic (exact) mass is 392 g/mol. The zero-order chi connectivity index (χ0) is 20.8. The third-order valence-corrected chi connectivity index (χ3v) is 4.33. The van der Waals surface area contributed by atoms with Crippen molar-refractivity contribution in [2.75, 3.05) is 14.2 Å². The average Bonchev–Trinajstić information content (AvgIpc) is 2.65. The molecule has 1 atom stereocenters. The van der Waals surface area contributed by atoms with Crippen molar-refractivity contribution in [1.29, 1.82) is 0 Å². The molecule has 154 valence electrons. The minimum Gasteiger partial charge on any atom is -0.502 e. The molecule has 2 amide bonds. The van der Waals surface area contributed by atoms with Crippen LogP contribution in [-0.4, -0.2) is 37.4 Å². The SMILES string of the molecule is CCCCC1=C(C(=O)OC(C)C)C(c2cc(OC)c(O)c(OC)c2)NC(=O)N1. The van der Waals surface area contributed by atoms with Gasteiger partial charge in [-0.25, -0.2) is 9.59 Å². The van der Waals surface area contributed by atoms with Gasteiger partial charge in [-0.3, -0.25) is 0 Å². The Hall–Kier alpha value is -2.90. The van der Waals surface area contributed by atoms with E-state index in [1.807, 2.05) is 6.92 Å². The molecule has 0 fully saturated rings. The number of amides is 2. The number of hydrogen-bond donors (Lipinski definition) is 3. The van der Waals surface area contributed by atoms with Crippen molar-refractivity contribution in [2.24, 2.45) is 0 Å². The molecule has 28 heavy (non-hydrogen) atoms. The highest BCUT2D eigenvalue weighted by Crippen LogP contribution is 2.41. The van der Waals surface area contributed by atoms with Gasteiger partial charge in [-0.15, -0.1) is 0 Å². The quantitative estimate of drug-likeness (QED) is 0.587. The summed E-state index contributed by atoms with van der Waals surface area (Å²) in [6, 6.07) is 1.95. The molecular formula is C20H28N2O6. The number of hydrogen-bond acceptors (Lipinski definition) is 6. The molecule has 0 saturated carbocycles. The first-order valence-corrected chi connectivity index (χ1v) is 9.28. The number of methoxy groups -OCH3 is 2. The first-order chi connectivity index (χ1) is 13.3. The fourth-order valence-corrected chi connectivity index (χ4v) is 3.02. The zero-order valence-corrected chi connectivity index (χ0v) is 16.9. The lowest BCUT2D eigenvalue weighted by molar-refractivity contribution is -0.143. The number of nitrogens with one attached hydrogen (secondary N) is 2. The van der Waals surface area contributed by atoms with E-state index in [4.69, 9.17) is 14.2 Å². The maximum Gasteiger partial charge on any atom is 0.338 e. The summed E-state index contributed by atoms with van der Waals surface area (Å²) in [4.78, 5) is 25.1. The Morgan fingerprint density at radius 2 is 1.82 bits per heavy atom. The van der Waals surface area contributed by atoms with Crippen LogP contribution in [0.15, 0.2) is 23.4 Å². The summed E-state index contributed by atoms with van der Waals surface area (Å²) in [5.41, 5.74) is 1.40. The van der Waals surface area contributed by atoms with E-state index in [9.17, 15) is 14.7 Å². The van der Waals surface area contributed by atoms with Gasteiger partial charge in [0.1, 0.15) is 0 Å². The highest BCUT2D eigenvalue weighted by Gasteiger charge is 2.35. The lowest BCUT2D eigenvalue weighted by atomic mass is 9.93. The van der Waals surface area contributed by atoms with Crippen LogP contribution in [0.3, 0.4) is 0 Å². The molecule has 0 spiro atoms. The molecule has 1 aromatic rings. The summed E-state index contributed by atoms with van der Waals surface area (Å²) >= 11 is 0. The number of benzene rings is 1. The second-order valence-corrected chi connectivity index (χ2v) is 6.76. The van der Waals surface area contributed by atoms with Crippen LogP contribution < -0.4 is 20.1 Å². The molecule has 1 aromatic carbocycles. The van der Waals surface area contributed by atoms with Crippen LogP contribution >= 0.6 is 0 Å². The first-order valence-electron chi connectivity index (χ1n) is 9.28. The Morgan fingerprint density at radius 3 is 2.32 bits per heavy atom. The fourth-order valence-electron chi connectivity index (χ4n) is 3.02. The molecular weight excluding hydrogens is 364 g/mol. The summed E-state index contributed by atoms with van der Waals surface area (Å²) in [6.45, 7) is 5.56. The molecule has 0 aromatic heterocycles. The number of phenols is 1. The van der Waals surface area contributed by atoms with E-state index in [0.29, 0.717) is 23.3 Å². The van der Waals surface area contributed by atoms with E-state index in [1.165, 1.54) is 14.2 Å². The van der Waals surface area contributed by atoms with Crippen LogP contribution in [0.1, 0.15) is 51.6 Å². The largest absolute Gasteiger partial charge is 0.502 e. The van der Waals surface area contributed by atoms with Gasteiger partial charge in [-0.2, -0.15) is 0 Å². The number of unbranched alkanes of at least 4 members (excludes halogenated alkanes) is 1. The maximum absolute atomic E-state index is 12.9. The molecule has 0 saturated heterocycles. The van der Waals surface area contributed by atoms with Gasteiger partial charge in [0.2, 0.25) is 5.75 Å². The Morgan fingerprint density at radius 1 is 1.21 bits per heavy atom. The van der Waals surface area contributed by atoms with Crippen LogP contribution in [0.2, 0.25) is 0 Å². The normalized spacial score (nSPS) is 16.5. The smallest absolute Gasteiger partial charge is 0.338 e. The fraction of sp³-hybridized carbons (Fsp3) is 0.500. The molecule has 1 aliphatic heterocycles. The molecule has 0 radical (unpaired) electrons. The van der Waals surface area contributed by atoms with Gasteiger partial charge in [0.25, 0.3) is 0 Å². The Balaban J connectivity index is 2.60. The van der Waals surface area contributed by atoms with Gasteiger partial charge < -0.3 is 30.0 Å². The van der Waals surface area contributed by atoms with Crippen LogP contribution in [0.5, 0.6) is 17.2 Å². The minimum atomic E-state index is -0.768. The topological polar surface area (TPSA) is 106 Å². The van der Waals surface area contributed by atoms with Crippen molar-refractivity contribution < 1.29 is 28.9 Å². The van der Waals surface area contributed by atoms with E-state index in [0.717, 1.165) is 12.8 Å². The average molecular weight is 392 g/mol. The lowest BCUT2D eigenvalue weighted by Gasteiger charge is -2.30. The second-order valence-electron chi connectivity index (χ2n) is 6.76. The van der Waals surface area contributed by atoms with Gasteiger partial charge in [0, 0.05) is 5.70 Å². The Labute approximate surface area is 164 Å². The summed E-state index contributed by atoms with van der Waals surface area (Å²) in [6.07, 6.45) is 1.94. The highest BCUT2D eigenvalue weighted by molar-refractivity contribution is 5.95. The number of aromatic hydroxyl groups is 1. The maximum atomic E-state index is 12.9. The molecule has 8 nitrogen and oxygen atoms in total. The van der Waals surface area contributed by atoms with Gasteiger partial charge >= 0.3 is 12.0 Å². The van der Waals surface area contributed by atoms with Gasteiger partial charge in [-0.1, -0.05) is 13.3 Å². The molecule has 0 aliphatic carbocycles. The van der Waals surface area contributed by atoms with E-state index in [1.54, 1.807) is 26.0 Å². The number of urea groups is 1. The predicted octanol–water partition coefficient (Wildman–Crippen LogP) is 3.16. The van der Waals surface area contributed by atoms with E-state index < -0.39 is 18.0 Å². The number of carbonyl (C=O) groups excluding carboxylic acids is 2. The number of allylic oxidation sites excluding steroid dienone is 1. The van der Waals surface area contributed by atoms with Crippen molar-refractivity contribution in [3.63, 3.8) is 0 Å². The van der Waals surface area contributed by atoms with E-state index in [-0.39, 0.29) is 23.4 Å². The van der Waals surface area contributed by atoms with Gasteiger partial charge in [0.15, 0.2) is 11.5 Å². The van der Waals surface area contributed by atoms with Gasteiger partial charge in [-0.05, 0) is 44.4 Å². The Kier molecular flexibility index (Phi) is 7.14. The van der Waals surface area contributed by atoms with Crippen LogP contribution in [0.25, 0.3) is 0 Å². The lowest BCUT2D eigenvalue weighted by Crippen LogP contribution is -2.46. The molecule has 1 aliphatic rings. The third-order valence-electron chi connectivity index (χ3n) is 4.33. The van der Waals surface area contributed by atoms with Crippen molar-refractivity contribution in [2.45, 2.75) is 52.2 Å². The number of phenolic OH excluding ortho intramolecular Hbond substituents is 1. The summed E-state index contributed by atoms with van der Waals surface area (Å²) in [5.74, 6) is -0.317. The molecule has 1 heterocycles. The van der Waals surface area contributed by atoms with Crippen molar-refractivity contribution >= 4 is 12.0 Å². The highest BCUT2D eigenvalue weighted by atomic mass is 16.5. The second kappa shape index (κ2) is 9.34. The predicted molar refractivity (Wildman–Crippen MR) is 103 cm³/mol. The number of esters is 1. The third kappa shape index (κ3) is 4.68. The summed E-state index contributed by atoms with van der Waals surface area (Å²) in [5, 5.41) is 15.7. The minimum absolute atomic E-state index is 0.157. The number of ether oxygens (including phenoxy) is 3. The van der Waals surface area contributed by atoms with Crippen LogP contribution in [0.4, 0.5) is 4.79 Å². The molecule has 3 N–H and O–H groups in total. The Bertz CT molecular complexity index is 747. The van der Waals surface area contributed by atoms with Crippen molar-refractivity contribution in [3.05, 3.63) is 29.0 Å². The number of rotatable bonds is 8. The molecule has 0 bridgehead atoms. The first kappa shape index (κ1) is 21.4. The van der Waals surface area contributed by atoms with Crippen LogP contribution in [-0.2, 0) is 9.53 Å². The molecule has 8 heteroatoms. The van der Waals surface area contributed by atoms with E-state index >= 15 is 0 Å². The summed E-state index contributed by atoms with van der Waals surface area (Å²) in [7, 11) is 2.82. The van der Waals surface area contributed by atoms with E-state index in [2.05, 4.69) is 10.6 Å². The number of carbonyl (C=O) groups is 2. The standard InChI is InChI=1S/C20H28N2O6/c1-6-7-8-13-16(19(24)28-11(2)3)17(22-20(25)21-13)12-9-14(26-4)18(23)15(10-12)27-5/h9-11,17,23H,6-8H2,1-5H3,(H2,21,22,25). The van der Waals surface area contributed by atoms with Crippen LogP contribution in [0, 0.1) is 0 Å². The molecule has 2 rings (SSSR count). The summed E-state index contributed by atoms with van der Waals surface area (Å²) < 4.78 is 15.8. The van der Waals surface area contributed by atoms with Crippen molar-refractivity contribution in [3.8, 4) is 17.2 Å². The van der Waals surface area contributed by atoms with Gasteiger partial charge in [0.05, 0.1) is 31.9 Å².